The molecule has 6 heteroatoms. The minimum Gasteiger partial charge on any atom is -0.481 e. The first-order chi connectivity index (χ1) is 9.15. The summed E-state index contributed by atoms with van der Waals surface area (Å²) in [7, 11) is 0. The van der Waals surface area contributed by atoms with Crippen LogP contribution in [0.5, 0.6) is 5.75 Å². The van der Waals surface area contributed by atoms with E-state index in [9.17, 15) is 9.18 Å². The maximum atomic E-state index is 13.2. The van der Waals surface area contributed by atoms with Crippen LogP contribution < -0.4 is 10.1 Å². The number of halogens is 1. The van der Waals surface area contributed by atoms with E-state index in [1.165, 1.54) is 23.5 Å². The lowest BCUT2D eigenvalue weighted by atomic mass is 10.3. The van der Waals surface area contributed by atoms with Crippen molar-refractivity contribution in [3.8, 4) is 5.75 Å². The number of rotatable bonds is 5. The molecule has 19 heavy (non-hydrogen) atoms. The molecule has 2 rings (SSSR count). The van der Waals surface area contributed by atoms with Crippen LogP contribution in [0.15, 0.2) is 30.5 Å². The molecule has 1 amide bonds. The lowest BCUT2D eigenvalue weighted by Crippen LogP contribution is -2.28. The molecule has 0 radical (unpaired) electrons. The highest BCUT2D eigenvalue weighted by Gasteiger charge is 2.06. The molecule has 100 valence electrons. The van der Waals surface area contributed by atoms with Crippen molar-refractivity contribution in [2.45, 2.75) is 13.5 Å². The fraction of sp³-hybridized carbons (Fsp3) is 0.231. The summed E-state index contributed by atoms with van der Waals surface area (Å²) in [6.45, 7) is 2.10. The van der Waals surface area contributed by atoms with Gasteiger partial charge in [-0.25, -0.2) is 9.37 Å². The Labute approximate surface area is 114 Å². The first-order valence-corrected chi connectivity index (χ1v) is 6.52. The third kappa shape index (κ3) is 4.03. The van der Waals surface area contributed by atoms with Crippen LogP contribution in [0.25, 0.3) is 0 Å². The van der Waals surface area contributed by atoms with E-state index in [1.54, 1.807) is 18.3 Å². The van der Waals surface area contributed by atoms with Gasteiger partial charge in [-0.05, 0) is 19.1 Å². The summed E-state index contributed by atoms with van der Waals surface area (Å²) in [5, 5.41) is 3.64. The number of ether oxygens (including phenoxy) is 1. The molecule has 0 bridgehead atoms. The maximum Gasteiger partial charge on any atom is 0.258 e. The van der Waals surface area contributed by atoms with Crippen molar-refractivity contribution in [1.82, 2.24) is 10.3 Å². The van der Waals surface area contributed by atoms with Gasteiger partial charge in [-0.3, -0.25) is 4.79 Å². The summed E-state index contributed by atoms with van der Waals surface area (Å²) in [5.74, 6) is -0.700. The van der Waals surface area contributed by atoms with E-state index < -0.39 is 5.82 Å². The Kier molecular flexibility index (Phi) is 4.46. The maximum absolute atomic E-state index is 13.2. The van der Waals surface area contributed by atoms with Crippen LogP contribution in [0, 0.1) is 12.7 Å². The number of nitrogens with zero attached hydrogens (tertiary/aromatic N) is 1. The number of carbonyl (C=O) groups excluding carboxylic acids is 1. The van der Waals surface area contributed by atoms with Crippen LogP contribution >= 0.6 is 11.3 Å². The summed E-state index contributed by atoms with van der Waals surface area (Å²) < 4.78 is 18.3. The number of thiazole rings is 1. The van der Waals surface area contributed by atoms with Crippen LogP contribution in [-0.2, 0) is 11.3 Å². The van der Waals surface area contributed by atoms with Crippen molar-refractivity contribution in [3.05, 3.63) is 46.2 Å². The van der Waals surface area contributed by atoms with E-state index in [-0.39, 0.29) is 18.3 Å². The standard InChI is InChI=1S/C13H13FN2O2S/c1-9-15-6-10(19-9)7-16-13(17)8-18-12-5-3-2-4-11(12)14/h2-6H,7-8H2,1H3,(H,16,17). The van der Waals surface area contributed by atoms with Gasteiger partial charge >= 0.3 is 0 Å². The minimum atomic E-state index is -0.478. The Morgan fingerprint density at radius 2 is 2.26 bits per heavy atom. The van der Waals surface area contributed by atoms with Crippen molar-refractivity contribution in [2.75, 3.05) is 6.61 Å². The van der Waals surface area contributed by atoms with Crippen LogP contribution in [0.3, 0.4) is 0 Å². The zero-order chi connectivity index (χ0) is 13.7. The third-order valence-electron chi connectivity index (χ3n) is 2.32. The summed E-state index contributed by atoms with van der Waals surface area (Å²) >= 11 is 1.52. The van der Waals surface area contributed by atoms with Gasteiger partial charge in [0, 0.05) is 11.1 Å². The highest BCUT2D eigenvalue weighted by molar-refractivity contribution is 7.11. The quantitative estimate of drug-likeness (QED) is 0.914. The molecule has 0 fully saturated rings. The second kappa shape index (κ2) is 6.29. The van der Waals surface area contributed by atoms with Crippen molar-refractivity contribution >= 4 is 17.2 Å². The topological polar surface area (TPSA) is 51.2 Å². The average molecular weight is 280 g/mol. The monoisotopic (exact) mass is 280 g/mol. The van der Waals surface area contributed by atoms with E-state index in [0.717, 1.165) is 9.88 Å². The first kappa shape index (κ1) is 13.5. The summed E-state index contributed by atoms with van der Waals surface area (Å²) in [6.07, 6.45) is 1.72. The molecule has 4 nitrogen and oxygen atoms in total. The van der Waals surface area contributed by atoms with E-state index in [4.69, 9.17) is 4.74 Å². The Morgan fingerprint density at radius 3 is 2.95 bits per heavy atom. The molecule has 0 spiro atoms. The molecule has 1 N–H and O–H groups in total. The molecule has 0 aliphatic rings. The molecular formula is C13H13FN2O2S. The molecule has 0 aliphatic carbocycles. The van der Waals surface area contributed by atoms with E-state index in [1.807, 2.05) is 6.92 Å². The molecule has 0 saturated heterocycles. The second-order valence-electron chi connectivity index (χ2n) is 3.84. The van der Waals surface area contributed by atoms with Crippen LogP contribution in [0.4, 0.5) is 4.39 Å². The fourth-order valence-electron chi connectivity index (χ4n) is 1.43. The number of hydrogen-bond donors (Lipinski definition) is 1. The molecule has 0 aliphatic heterocycles. The van der Waals surface area contributed by atoms with Gasteiger partial charge in [0.25, 0.3) is 5.91 Å². The minimum absolute atomic E-state index is 0.0753. The summed E-state index contributed by atoms with van der Waals surface area (Å²) in [5.41, 5.74) is 0. The highest BCUT2D eigenvalue weighted by atomic mass is 32.1. The third-order valence-corrected chi connectivity index (χ3v) is 3.24. The Morgan fingerprint density at radius 1 is 1.47 bits per heavy atom. The van der Waals surface area contributed by atoms with E-state index in [2.05, 4.69) is 10.3 Å². The molecule has 0 atom stereocenters. The van der Waals surface area contributed by atoms with Gasteiger partial charge in [0.1, 0.15) is 0 Å². The number of para-hydroxylation sites is 1. The number of aromatic nitrogens is 1. The number of amides is 1. The van der Waals surface area contributed by atoms with Crippen molar-refractivity contribution in [1.29, 1.82) is 0 Å². The van der Waals surface area contributed by atoms with E-state index in [0.29, 0.717) is 6.54 Å². The predicted molar refractivity (Wildman–Crippen MR) is 70.6 cm³/mol. The van der Waals surface area contributed by atoms with Gasteiger partial charge in [0.15, 0.2) is 18.2 Å². The SMILES string of the molecule is Cc1ncc(CNC(=O)COc2ccccc2F)s1. The normalized spacial score (nSPS) is 10.2. The van der Waals surface area contributed by atoms with Gasteiger partial charge in [0.2, 0.25) is 0 Å². The Bertz CT molecular complexity index is 571. The van der Waals surface area contributed by atoms with Crippen molar-refractivity contribution in [3.63, 3.8) is 0 Å². The van der Waals surface area contributed by atoms with Gasteiger partial charge in [-0.1, -0.05) is 12.1 Å². The van der Waals surface area contributed by atoms with Crippen molar-refractivity contribution < 1.29 is 13.9 Å². The molecule has 0 saturated carbocycles. The smallest absolute Gasteiger partial charge is 0.258 e. The van der Waals surface area contributed by atoms with Gasteiger partial charge in [0.05, 0.1) is 11.6 Å². The molecular weight excluding hydrogens is 267 g/mol. The number of hydrogen-bond acceptors (Lipinski definition) is 4. The molecule has 1 aromatic heterocycles. The van der Waals surface area contributed by atoms with Crippen LogP contribution in [0.1, 0.15) is 9.88 Å². The summed E-state index contributed by atoms with van der Waals surface area (Å²) in [4.78, 5) is 16.6. The zero-order valence-corrected chi connectivity index (χ0v) is 11.2. The van der Waals surface area contributed by atoms with Gasteiger partial charge in [-0.15, -0.1) is 11.3 Å². The number of benzene rings is 1. The number of aryl methyl sites for hydroxylation is 1. The van der Waals surface area contributed by atoms with Gasteiger partial charge in [-0.2, -0.15) is 0 Å². The fourth-order valence-corrected chi connectivity index (χ4v) is 2.16. The second-order valence-corrected chi connectivity index (χ2v) is 5.16. The lowest BCUT2D eigenvalue weighted by Gasteiger charge is -2.07. The summed E-state index contributed by atoms with van der Waals surface area (Å²) in [6, 6.07) is 5.98. The zero-order valence-electron chi connectivity index (χ0n) is 10.4. The van der Waals surface area contributed by atoms with Gasteiger partial charge < -0.3 is 10.1 Å². The number of carbonyl (C=O) groups is 1. The predicted octanol–water partition coefficient (Wildman–Crippen LogP) is 2.29. The number of nitrogens with one attached hydrogen (secondary N) is 1. The van der Waals surface area contributed by atoms with E-state index >= 15 is 0 Å². The molecule has 1 heterocycles. The lowest BCUT2D eigenvalue weighted by molar-refractivity contribution is -0.123. The molecule has 2 aromatic rings. The van der Waals surface area contributed by atoms with Crippen LogP contribution in [-0.4, -0.2) is 17.5 Å². The Balaban J connectivity index is 1.77. The van der Waals surface area contributed by atoms with Crippen LogP contribution in [0.2, 0.25) is 0 Å². The highest BCUT2D eigenvalue weighted by Crippen LogP contribution is 2.15. The largest absolute Gasteiger partial charge is 0.481 e. The van der Waals surface area contributed by atoms with Crippen molar-refractivity contribution in [2.24, 2.45) is 0 Å². The average Bonchev–Trinajstić information content (AvgIpc) is 2.81. The Hall–Kier alpha value is -1.95. The molecule has 1 aromatic carbocycles. The first-order valence-electron chi connectivity index (χ1n) is 5.70. The molecule has 0 unspecified atom stereocenters.